The molecule has 0 spiro atoms. The van der Waals surface area contributed by atoms with Gasteiger partial charge in [0.25, 0.3) is 0 Å². The van der Waals surface area contributed by atoms with Gasteiger partial charge in [0.2, 0.25) is 5.78 Å². The summed E-state index contributed by atoms with van der Waals surface area (Å²) in [5, 5.41) is 36.3. The molecule has 0 saturated carbocycles. The lowest BCUT2D eigenvalue weighted by Gasteiger charge is -2.20. The predicted molar refractivity (Wildman–Crippen MR) is 68.5 cm³/mol. The third kappa shape index (κ3) is 6.40. The van der Waals surface area contributed by atoms with Crippen LogP contribution in [-0.2, 0) is 14.3 Å². The average Bonchev–Trinajstić information content (AvgIpc) is 2.40. The third-order valence-electron chi connectivity index (χ3n) is 2.62. The fourth-order valence-corrected chi connectivity index (χ4v) is 1.45. The van der Waals surface area contributed by atoms with Gasteiger partial charge in [-0.15, -0.1) is 0 Å². The molecule has 0 amide bonds. The molecular weight excluding hydrogens is 270 g/mol. The molecule has 8 nitrogen and oxygen atoms in total. The van der Waals surface area contributed by atoms with Gasteiger partial charge in [-0.1, -0.05) is 13.8 Å². The molecule has 0 aromatic carbocycles. The molecule has 0 unspecified atom stereocenters. The van der Waals surface area contributed by atoms with E-state index in [0.29, 0.717) is 6.42 Å². The highest BCUT2D eigenvalue weighted by Gasteiger charge is 2.30. The monoisotopic (exact) mass is 293 g/mol. The van der Waals surface area contributed by atoms with E-state index in [0.717, 1.165) is 0 Å². The number of hydrogen-bond acceptors (Lipinski definition) is 8. The Hall–Kier alpha value is -1.06. The van der Waals surface area contributed by atoms with Crippen molar-refractivity contribution in [3.63, 3.8) is 0 Å². The number of Topliss-reactive ketones (excluding diaryl/α,β-unsaturated/α-hetero) is 1. The first-order valence-corrected chi connectivity index (χ1v) is 6.30. The molecule has 0 fully saturated rings. The molecule has 4 atom stereocenters. The average molecular weight is 293 g/mol. The van der Waals surface area contributed by atoms with Crippen LogP contribution in [0.25, 0.3) is 0 Å². The molecule has 6 N–H and O–H groups in total. The van der Waals surface area contributed by atoms with E-state index in [-0.39, 0.29) is 5.92 Å². The second kappa shape index (κ2) is 8.98. The number of carbonyl (C=O) groups excluding carboxylic acids is 2. The number of hydrogen-bond donors (Lipinski definition) is 5. The molecule has 0 aliphatic heterocycles. The Morgan fingerprint density at radius 2 is 1.75 bits per heavy atom. The van der Waals surface area contributed by atoms with Crippen LogP contribution in [0.1, 0.15) is 20.3 Å². The van der Waals surface area contributed by atoms with E-state index < -0.39 is 49.3 Å². The van der Waals surface area contributed by atoms with Crippen LogP contribution < -0.4 is 5.73 Å². The number of aliphatic hydroxyl groups excluding tert-OH is 4. The Kier molecular flexibility index (Phi) is 8.51. The molecule has 20 heavy (non-hydrogen) atoms. The first-order chi connectivity index (χ1) is 9.20. The highest BCUT2D eigenvalue weighted by atomic mass is 16.5. The van der Waals surface area contributed by atoms with Gasteiger partial charge in [-0.3, -0.25) is 9.59 Å². The fourth-order valence-electron chi connectivity index (χ4n) is 1.45. The zero-order chi connectivity index (χ0) is 15.9. The first kappa shape index (κ1) is 18.9. The van der Waals surface area contributed by atoms with E-state index in [1.807, 2.05) is 13.8 Å². The summed E-state index contributed by atoms with van der Waals surface area (Å²) in [6.07, 6.45) is -5.07. The maximum absolute atomic E-state index is 11.4. The summed E-state index contributed by atoms with van der Waals surface area (Å²) in [7, 11) is 0. The Morgan fingerprint density at radius 1 is 1.20 bits per heavy atom. The van der Waals surface area contributed by atoms with Crippen molar-refractivity contribution in [3.05, 3.63) is 0 Å². The second-order valence-electron chi connectivity index (χ2n) is 5.00. The minimum atomic E-state index is -1.95. The van der Waals surface area contributed by atoms with E-state index in [1.165, 1.54) is 0 Å². The molecule has 0 radical (unpaired) electrons. The number of ether oxygens (including phenoxy) is 1. The summed E-state index contributed by atoms with van der Waals surface area (Å²) in [5.41, 5.74) is 5.54. The minimum Gasteiger partial charge on any atom is -0.456 e. The van der Waals surface area contributed by atoms with Gasteiger partial charge in [0.05, 0.1) is 6.61 Å². The van der Waals surface area contributed by atoms with Crippen LogP contribution >= 0.6 is 0 Å². The maximum atomic E-state index is 11.4. The van der Waals surface area contributed by atoms with Gasteiger partial charge >= 0.3 is 5.97 Å². The Balaban J connectivity index is 4.24. The van der Waals surface area contributed by atoms with Crippen LogP contribution in [0.4, 0.5) is 0 Å². The summed E-state index contributed by atoms with van der Waals surface area (Å²) in [5.74, 6) is -1.59. The molecule has 0 saturated heterocycles. The maximum Gasteiger partial charge on any atom is 0.323 e. The molecule has 0 aliphatic rings. The third-order valence-corrected chi connectivity index (χ3v) is 2.62. The Labute approximate surface area is 117 Å². The summed E-state index contributed by atoms with van der Waals surface area (Å²) in [4.78, 5) is 22.9. The SMILES string of the molecule is CC(C)C[C@@H](N)C(=O)OCC(=O)[C@@H](O)[C@H](O)[C@H](O)CO. The summed E-state index contributed by atoms with van der Waals surface area (Å²) in [6, 6.07) is -0.868. The van der Waals surface area contributed by atoms with Crippen LogP contribution in [0.5, 0.6) is 0 Å². The van der Waals surface area contributed by atoms with Crippen molar-refractivity contribution < 1.29 is 34.8 Å². The van der Waals surface area contributed by atoms with Gasteiger partial charge in [0, 0.05) is 0 Å². The molecular formula is C12H23NO7. The van der Waals surface area contributed by atoms with Crippen molar-refractivity contribution in [2.24, 2.45) is 11.7 Å². The van der Waals surface area contributed by atoms with Crippen molar-refractivity contribution >= 4 is 11.8 Å². The minimum absolute atomic E-state index is 0.181. The molecule has 0 aromatic heterocycles. The van der Waals surface area contributed by atoms with Crippen molar-refractivity contribution in [1.82, 2.24) is 0 Å². The number of carbonyl (C=O) groups is 2. The van der Waals surface area contributed by atoms with E-state index in [4.69, 9.17) is 15.9 Å². The Bertz CT molecular complexity index is 321. The zero-order valence-electron chi connectivity index (χ0n) is 11.6. The number of rotatable bonds is 9. The molecule has 0 aromatic rings. The van der Waals surface area contributed by atoms with Gasteiger partial charge in [-0.05, 0) is 12.3 Å². The van der Waals surface area contributed by atoms with Gasteiger partial charge in [-0.25, -0.2) is 0 Å². The second-order valence-corrected chi connectivity index (χ2v) is 5.00. The normalized spacial score (nSPS) is 17.4. The first-order valence-electron chi connectivity index (χ1n) is 6.30. The lowest BCUT2D eigenvalue weighted by molar-refractivity contribution is -0.156. The molecule has 0 rings (SSSR count). The van der Waals surface area contributed by atoms with Crippen LogP contribution in [0.3, 0.4) is 0 Å². The van der Waals surface area contributed by atoms with Crippen molar-refractivity contribution in [1.29, 1.82) is 0 Å². The lowest BCUT2D eigenvalue weighted by Crippen LogP contribution is -2.45. The van der Waals surface area contributed by atoms with Crippen molar-refractivity contribution in [2.75, 3.05) is 13.2 Å². The highest BCUT2D eigenvalue weighted by Crippen LogP contribution is 2.05. The molecule has 0 bridgehead atoms. The summed E-state index contributed by atoms with van der Waals surface area (Å²) >= 11 is 0. The topological polar surface area (TPSA) is 150 Å². The number of aliphatic hydroxyl groups is 4. The van der Waals surface area contributed by atoms with E-state index in [1.54, 1.807) is 0 Å². The van der Waals surface area contributed by atoms with E-state index >= 15 is 0 Å². The van der Waals surface area contributed by atoms with E-state index in [9.17, 15) is 19.8 Å². The van der Waals surface area contributed by atoms with Crippen LogP contribution in [0.2, 0.25) is 0 Å². The van der Waals surface area contributed by atoms with Crippen LogP contribution in [-0.4, -0.2) is 69.7 Å². The van der Waals surface area contributed by atoms with Gasteiger partial charge in [0.15, 0.2) is 6.61 Å². The largest absolute Gasteiger partial charge is 0.456 e. The van der Waals surface area contributed by atoms with Crippen molar-refractivity contribution in [3.8, 4) is 0 Å². The number of nitrogens with two attached hydrogens (primary N) is 1. The van der Waals surface area contributed by atoms with Gasteiger partial charge < -0.3 is 30.9 Å². The fraction of sp³-hybridized carbons (Fsp3) is 0.833. The standard InChI is InChI=1S/C12H23NO7/c1-6(2)3-7(13)12(19)20-5-9(16)11(18)10(17)8(15)4-14/h6-8,10-11,14-15,17-18H,3-5,13H2,1-2H3/t7-,8-,10-,11-/m1/s1. The number of ketones is 1. The molecule has 0 aliphatic carbocycles. The van der Waals surface area contributed by atoms with Crippen LogP contribution in [0.15, 0.2) is 0 Å². The molecule has 118 valence electrons. The lowest BCUT2D eigenvalue weighted by atomic mass is 10.0. The van der Waals surface area contributed by atoms with Gasteiger partial charge in [0.1, 0.15) is 24.4 Å². The van der Waals surface area contributed by atoms with Gasteiger partial charge in [-0.2, -0.15) is 0 Å². The quantitative estimate of drug-likeness (QED) is 0.294. The predicted octanol–water partition coefficient (Wildman–Crippen LogP) is -2.45. The summed E-state index contributed by atoms with van der Waals surface area (Å²) < 4.78 is 4.62. The number of esters is 1. The summed E-state index contributed by atoms with van der Waals surface area (Å²) in [6.45, 7) is 2.16. The molecule has 8 heteroatoms. The highest BCUT2D eigenvalue weighted by molar-refractivity contribution is 5.87. The Morgan fingerprint density at radius 3 is 2.20 bits per heavy atom. The smallest absolute Gasteiger partial charge is 0.323 e. The van der Waals surface area contributed by atoms with Crippen LogP contribution in [0, 0.1) is 5.92 Å². The van der Waals surface area contributed by atoms with E-state index in [2.05, 4.69) is 4.74 Å². The zero-order valence-corrected chi connectivity index (χ0v) is 11.6. The van der Waals surface area contributed by atoms with Crippen molar-refractivity contribution in [2.45, 2.75) is 44.6 Å². The molecule has 0 heterocycles.